The highest BCUT2D eigenvalue weighted by Crippen LogP contribution is 2.38. The van der Waals surface area contributed by atoms with E-state index in [-0.39, 0.29) is 5.92 Å². The van der Waals surface area contributed by atoms with Crippen LogP contribution in [0.2, 0.25) is 0 Å². The standard InChI is InChI=1S/C18H16O3/c1-21-14-8-6-12(7-9-14)10-16-15-5-3-2-4-13(15)11-17(16)18(19)20/h2-9,11,16H,10H2,1H3,(H,19,20). The number of hydrogen-bond donors (Lipinski definition) is 1. The van der Waals surface area contributed by atoms with Gasteiger partial charge in [0, 0.05) is 11.5 Å². The van der Waals surface area contributed by atoms with Crippen LogP contribution >= 0.6 is 0 Å². The van der Waals surface area contributed by atoms with Gasteiger partial charge in [0.05, 0.1) is 7.11 Å². The molecule has 1 N–H and O–H groups in total. The Morgan fingerprint density at radius 2 is 1.86 bits per heavy atom. The third-order valence-electron chi connectivity index (χ3n) is 3.90. The number of benzene rings is 2. The van der Waals surface area contributed by atoms with Gasteiger partial charge in [-0.05, 0) is 41.3 Å². The normalized spacial score (nSPS) is 16.2. The molecule has 3 heteroatoms. The molecule has 0 saturated carbocycles. The smallest absolute Gasteiger partial charge is 0.332 e. The molecule has 0 spiro atoms. The van der Waals surface area contributed by atoms with Crippen molar-refractivity contribution in [3.63, 3.8) is 0 Å². The third kappa shape index (κ3) is 2.55. The molecule has 1 aliphatic rings. The summed E-state index contributed by atoms with van der Waals surface area (Å²) in [5.41, 5.74) is 3.66. The van der Waals surface area contributed by atoms with E-state index in [1.165, 1.54) is 0 Å². The van der Waals surface area contributed by atoms with E-state index in [0.29, 0.717) is 12.0 Å². The van der Waals surface area contributed by atoms with E-state index in [9.17, 15) is 9.90 Å². The molecule has 0 bridgehead atoms. The summed E-state index contributed by atoms with van der Waals surface area (Å²) >= 11 is 0. The first kappa shape index (κ1) is 13.4. The molecule has 0 aliphatic heterocycles. The molecule has 0 heterocycles. The van der Waals surface area contributed by atoms with Crippen molar-refractivity contribution in [2.75, 3.05) is 7.11 Å². The minimum atomic E-state index is -0.843. The second-order valence-electron chi connectivity index (χ2n) is 5.14. The summed E-state index contributed by atoms with van der Waals surface area (Å²) in [6.45, 7) is 0. The number of carbonyl (C=O) groups is 1. The monoisotopic (exact) mass is 280 g/mol. The molecular weight excluding hydrogens is 264 g/mol. The summed E-state index contributed by atoms with van der Waals surface area (Å²) in [7, 11) is 1.63. The van der Waals surface area contributed by atoms with Crippen molar-refractivity contribution < 1.29 is 14.6 Å². The van der Waals surface area contributed by atoms with Gasteiger partial charge in [-0.1, -0.05) is 36.4 Å². The predicted molar refractivity (Wildman–Crippen MR) is 81.5 cm³/mol. The van der Waals surface area contributed by atoms with E-state index >= 15 is 0 Å². The minimum absolute atomic E-state index is 0.0907. The molecule has 0 fully saturated rings. The fraction of sp³-hybridized carbons (Fsp3) is 0.167. The predicted octanol–water partition coefficient (Wildman–Crippen LogP) is 3.50. The van der Waals surface area contributed by atoms with E-state index in [0.717, 1.165) is 22.4 Å². The Bertz CT molecular complexity index is 699. The van der Waals surface area contributed by atoms with E-state index in [2.05, 4.69) is 0 Å². The van der Waals surface area contributed by atoms with E-state index in [1.54, 1.807) is 13.2 Å². The molecular formula is C18H16O3. The summed E-state index contributed by atoms with van der Waals surface area (Å²) < 4.78 is 5.15. The highest BCUT2D eigenvalue weighted by Gasteiger charge is 2.29. The summed E-state index contributed by atoms with van der Waals surface area (Å²) in [6.07, 6.45) is 2.46. The first-order valence-electron chi connectivity index (χ1n) is 6.86. The van der Waals surface area contributed by atoms with Gasteiger partial charge in [0.15, 0.2) is 0 Å². The number of carboxylic acids is 1. The fourth-order valence-corrected chi connectivity index (χ4v) is 2.82. The van der Waals surface area contributed by atoms with Crippen molar-refractivity contribution in [3.05, 3.63) is 70.8 Å². The molecule has 1 unspecified atom stereocenters. The van der Waals surface area contributed by atoms with Crippen LogP contribution in [-0.2, 0) is 11.2 Å². The lowest BCUT2D eigenvalue weighted by Crippen LogP contribution is -2.10. The van der Waals surface area contributed by atoms with Gasteiger partial charge in [0.25, 0.3) is 0 Å². The molecule has 0 aromatic heterocycles. The van der Waals surface area contributed by atoms with Crippen LogP contribution in [0.5, 0.6) is 5.75 Å². The maximum Gasteiger partial charge on any atom is 0.332 e. The molecule has 0 amide bonds. The Morgan fingerprint density at radius 3 is 2.52 bits per heavy atom. The molecule has 1 aliphatic carbocycles. The quantitative estimate of drug-likeness (QED) is 0.932. The first-order chi connectivity index (χ1) is 10.2. The van der Waals surface area contributed by atoms with Crippen molar-refractivity contribution in [2.45, 2.75) is 12.3 Å². The number of rotatable bonds is 4. The van der Waals surface area contributed by atoms with Crippen LogP contribution in [0.25, 0.3) is 6.08 Å². The van der Waals surface area contributed by atoms with Gasteiger partial charge in [-0.2, -0.15) is 0 Å². The first-order valence-corrected chi connectivity index (χ1v) is 6.86. The second-order valence-corrected chi connectivity index (χ2v) is 5.14. The Kier molecular flexibility index (Phi) is 3.48. The lowest BCUT2D eigenvalue weighted by Gasteiger charge is -2.15. The number of aliphatic carboxylic acids is 1. The summed E-state index contributed by atoms with van der Waals surface area (Å²) in [5.74, 6) is -0.128. The molecule has 0 saturated heterocycles. The van der Waals surface area contributed by atoms with Crippen LogP contribution in [0, 0.1) is 0 Å². The van der Waals surface area contributed by atoms with E-state index in [4.69, 9.17) is 4.74 Å². The molecule has 0 radical (unpaired) electrons. The van der Waals surface area contributed by atoms with Gasteiger partial charge >= 0.3 is 5.97 Å². The van der Waals surface area contributed by atoms with Crippen molar-refractivity contribution in [2.24, 2.45) is 0 Å². The number of ether oxygens (including phenoxy) is 1. The van der Waals surface area contributed by atoms with Crippen LogP contribution in [-0.4, -0.2) is 18.2 Å². The molecule has 1 atom stereocenters. The van der Waals surface area contributed by atoms with Crippen molar-refractivity contribution in [1.29, 1.82) is 0 Å². The van der Waals surface area contributed by atoms with Gasteiger partial charge in [-0.3, -0.25) is 0 Å². The van der Waals surface area contributed by atoms with Crippen molar-refractivity contribution in [3.8, 4) is 5.75 Å². The van der Waals surface area contributed by atoms with Gasteiger partial charge in [0.1, 0.15) is 5.75 Å². The van der Waals surface area contributed by atoms with Crippen molar-refractivity contribution >= 4 is 12.0 Å². The molecule has 2 aromatic rings. The third-order valence-corrected chi connectivity index (χ3v) is 3.90. The Balaban J connectivity index is 1.92. The maximum absolute atomic E-state index is 11.5. The number of methoxy groups -OCH3 is 1. The number of fused-ring (bicyclic) bond motifs is 1. The largest absolute Gasteiger partial charge is 0.497 e. The van der Waals surface area contributed by atoms with E-state index in [1.807, 2.05) is 48.5 Å². The molecule has 21 heavy (non-hydrogen) atoms. The fourth-order valence-electron chi connectivity index (χ4n) is 2.82. The van der Waals surface area contributed by atoms with E-state index < -0.39 is 5.97 Å². The minimum Gasteiger partial charge on any atom is -0.497 e. The van der Waals surface area contributed by atoms with Crippen LogP contribution in [0.3, 0.4) is 0 Å². The Hall–Kier alpha value is -2.55. The summed E-state index contributed by atoms with van der Waals surface area (Å²) in [5, 5.41) is 9.43. The zero-order chi connectivity index (χ0) is 14.8. The maximum atomic E-state index is 11.5. The highest BCUT2D eigenvalue weighted by atomic mass is 16.5. The van der Waals surface area contributed by atoms with Gasteiger partial charge < -0.3 is 9.84 Å². The lowest BCUT2D eigenvalue weighted by atomic mass is 9.89. The highest BCUT2D eigenvalue weighted by molar-refractivity contribution is 5.97. The summed E-state index contributed by atoms with van der Waals surface area (Å²) in [4.78, 5) is 11.5. The number of carboxylic acid groups (broad SMARTS) is 1. The molecule has 3 rings (SSSR count). The van der Waals surface area contributed by atoms with Crippen LogP contribution in [0.1, 0.15) is 22.6 Å². The van der Waals surface area contributed by atoms with Crippen LogP contribution in [0.4, 0.5) is 0 Å². The average molecular weight is 280 g/mol. The molecule has 106 valence electrons. The molecule has 2 aromatic carbocycles. The van der Waals surface area contributed by atoms with Gasteiger partial charge in [-0.25, -0.2) is 4.79 Å². The topological polar surface area (TPSA) is 46.5 Å². The summed E-state index contributed by atoms with van der Waals surface area (Å²) in [6, 6.07) is 15.6. The van der Waals surface area contributed by atoms with Crippen LogP contribution in [0.15, 0.2) is 54.1 Å². The van der Waals surface area contributed by atoms with Gasteiger partial charge in [-0.15, -0.1) is 0 Å². The molecule has 3 nitrogen and oxygen atoms in total. The van der Waals surface area contributed by atoms with Crippen LogP contribution < -0.4 is 4.74 Å². The number of hydrogen-bond acceptors (Lipinski definition) is 2. The Labute approximate surface area is 123 Å². The SMILES string of the molecule is COc1ccc(CC2C(C(=O)O)=Cc3ccccc32)cc1. The zero-order valence-electron chi connectivity index (χ0n) is 11.7. The van der Waals surface area contributed by atoms with Gasteiger partial charge in [0.2, 0.25) is 0 Å². The van der Waals surface area contributed by atoms with Crippen molar-refractivity contribution in [1.82, 2.24) is 0 Å². The lowest BCUT2D eigenvalue weighted by molar-refractivity contribution is -0.132. The average Bonchev–Trinajstić information content (AvgIpc) is 2.87. The Morgan fingerprint density at radius 1 is 1.14 bits per heavy atom. The zero-order valence-corrected chi connectivity index (χ0v) is 11.7. The second kappa shape index (κ2) is 5.44.